The number of para-hydroxylation sites is 1. The Labute approximate surface area is 172 Å². The van der Waals surface area contributed by atoms with Crippen LogP contribution in [0, 0.1) is 0 Å². The van der Waals surface area contributed by atoms with Gasteiger partial charge < -0.3 is 0 Å². The second-order valence-corrected chi connectivity index (χ2v) is 7.88. The molecular weight excluding hydrogens is 376 g/mol. The Kier molecular flexibility index (Phi) is 4.54. The minimum Gasteiger partial charge on any atom is -0.279 e. The van der Waals surface area contributed by atoms with Crippen LogP contribution in [0.5, 0.6) is 0 Å². The number of fused-ring (bicyclic) bond motifs is 2. The molecule has 140 valence electrons. The molecule has 0 unspecified atom stereocenters. The number of benzene rings is 4. The van der Waals surface area contributed by atoms with Gasteiger partial charge in [-0.2, -0.15) is 0 Å². The van der Waals surface area contributed by atoms with Crippen LogP contribution < -0.4 is 4.90 Å². The molecule has 3 nitrogen and oxygen atoms in total. The van der Waals surface area contributed by atoms with Crippen LogP contribution >= 0.6 is 11.3 Å². The van der Waals surface area contributed by atoms with Crippen LogP contribution in [-0.2, 0) is 6.54 Å². The van der Waals surface area contributed by atoms with Crippen molar-refractivity contribution in [1.29, 1.82) is 0 Å². The second kappa shape index (κ2) is 7.49. The lowest BCUT2D eigenvalue weighted by molar-refractivity contribution is 0.0986. The lowest BCUT2D eigenvalue weighted by Gasteiger charge is -2.21. The molecule has 0 aliphatic rings. The fourth-order valence-corrected chi connectivity index (χ4v) is 4.49. The maximum absolute atomic E-state index is 13.7. The normalized spacial score (nSPS) is 11.0. The quantitative estimate of drug-likeness (QED) is 0.358. The number of aromatic nitrogens is 1. The minimum atomic E-state index is -0.0373. The van der Waals surface area contributed by atoms with E-state index in [9.17, 15) is 4.79 Å². The first kappa shape index (κ1) is 17.6. The summed E-state index contributed by atoms with van der Waals surface area (Å²) < 4.78 is 1.08. The predicted molar refractivity (Wildman–Crippen MR) is 121 cm³/mol. The van der Waals surface area contributed by atoms with Gasteiger partial charge in [-0.05, 0) is 34.5 Å². The summed E-state index contributed by atoms with van der Waals surface area (Å²) in [4.78, 5) is 20.3. The van der Waals surface area contributed by atoms with E-state index < -0.39 is 0 Å². The third-order valence-electron chi connectivity index (χ3n) is 4.96. The number of anilines is 1. The third kappa shape index (κ3) is 3.39. The first-order valence-electron chi connectivity index (χ1n) is 9.49. The number of carbonyl (C=O) groups excluding carboxylic acids is 1. The van der Waals surface area contributed by atoms with Crippen molar-refractivity contribution < 1.29 is 4.79 Å². The van der Waals surface area contributed by atoms with Crippen LogP contribution in [0.3, 0.4) is 0 Å². The lowest BCUT2D eigenvalue weighted by atomic mass is 10.0. The zero-order valence-corrected chi connectivity index (χ0v) is 16.5. The van der Waals surface area contributed by atoms with E-state index >= 15 is 0 Å². The Bertz CT molecular complexity index is 1270. The van der Waals surface area contributed by atoms with Gasteiger partial charge in [0.2, 0.25) is 0 Å². The number of hydrogen-bond donors (Lipinski definition) is 0. The number of thiazole rings is 1. The van der Waals surface area contributed by atoms with Gasteiger partial charge in [-0.1, -0.05) is 90.2 Å². The molecule has 5 aromatic rings. The molecule has 0 spiro atoms. The average Bonchev–Trinajstić information content (AvgIpc) is 3.21. The molecule has 4 aromatic carbocycles. The minimum absolute atomic E-state index is 0.0373. The molecule has 0 saturated heterocycles. The highest BCUT2D eigenvalue weighted by atomic mass is 32.1. The predicted octanol–water partition coefficient (Wildman–Crippen LogP) is 6.30. The summed E-state index contributed by atoms with van der Waals surface area (Å²) in [6.07, 6.45) is 0. The highest BCUT2D eigenvalue weighted by Gasteiger charge is 2.23. The summed E-state index contributed by atoms with van der Waals surface area (Å²) in [5, 5.41) is 2.73. The van der Waals surface area contributed by atoms with Gasteiger partial charge in [0, 0.05) is 5.56 Å². The van der Waals surface area contributed by atoms with Gasteiger partial charge in [-0.25, -0.2) is 4.98 Å². The number of amides is 1. The molecule has 1 heterocycles. The van der Waals surface area contributed by atoms with Crippen molar-refractivity contribution in [3.63, 3.8) is 0 Å². The van der Waals surface area contributed by atoms with Crippen LogP contribution in [0.1, 0.15) is 15.9 Å². The van der Waals surface area contributed by atoms with Crippen molar-refractivity contribution >= 4 is 43.4 Å². The van der Waals surface area contributed by atoms with Crippen LogP contribution in [0.15, 0.2) is 97.1 Å². The smallest absolute Gasteiger partial charge is 0.261 e. The van der Waals surface area contributed by atoms with Gasteiger partial charge in [-0.15, -0.1) is 0 Å². The van der Waals surface area contributed by atoms with Crippen molar-refractivity contribution in [2.75, 3.05) is 4.90 Å². The van der Waals surface area contributed by atoms with E-state index in [0.717, 1.165) is 26.6 Å². The van der Waals surface area contributed by atoms with Gasteiger partial charge in [0.1, 0.15) is 0 Å². The number of rotatable bonds is 4. The van der Waals surface area contributed by atoms with Gasteiger partial charge in [0.25, 0.3) is 5.91 Å². The molecule has 0 radical (unpaired) electrons. The highest BCUT2D eigenvalue weighted by Crippen LogP contribution is 2.31. The first-order valence-corrected chi connectivity index (χ1v) is 10.3. The summed E-state index contributed by atoms with van der Waals surface area (Å²) in [6, 6.07) is 31.9. The van der Waals surface area contributed by atoms with E-state index in [1.54, 1.807) is 16.2 Å². The number of carbonyl (C=O) groups is 1. The molecular formula is C25H18N2OS. The van der Waals surface area contributed by atoms with Gasteiger partial charge >= 0.3 is 0 Å². The Balaban J connectivity index is 1.63. The van der Waals surface area contributed by atoms with E-state index in [0.29, 0.717) is 17.2 Å². The van der Waals surface area contributed by atoms with Crippen molar-refractivity contribution in [3.8, 4) is 0 Å². The molecule has 29 heavy (non-hydrogen) atoms. The topological polar surface area (TPSA) is 33.2 Å². The van der Waals surface area contributed by atoms with Crippen molar-refractivity contribution in [3.05, 3.63) is 108 Å². The summed E-state index contributed by atoms with van der Waals surface area (Å²) in [6.45, 7) is 0.475. The molecule has 0 saturated carbocycles. The maximum atomic E-state index is 13.7. The largest absolute Gasteiger partial charge is 0.279 e. The molecule has 0 N–H and O–H groups in total. The zero-order valence-electron chi connectivity index (χ0n) is 15.7. The van der Waals surface area contributed by atoms with Crippen LogP contribution in [-0.4, -0.2) is 10.9 Å². The molecule has 5 rings (SSSR count). The van der Waals surface area contributed by atoms with Crippen LogP contribution in [0.2, 0.25) is 0 Å². The van der Waals surface area contributed by atoms with Crippen molar-refractivity contribution in [2.45, 2.75) is 6.54 Å². The summed E-state index contributed by atoms with van der Waals surface area (Å²) in [7, 11) is 0. The molecule has 0 atom stereocenters. The van der Waals surface area contributed by atoms with Gasteiger partial charge in [0.05, 0.1) is 16.8 Å². The average molecular weight is 394 g/mol. The Morgan fingerprint density at radius 2 is 1.52 bits per heavy atom. The van der Waals surface area contributed by atoms with E-state index in [1.165, 1.54) is 0 Å². The maximum Gasteiger partial charge on any atom is 0.261 e. The Hall–Kier alpha value is -3.50. The monoisotopic (exact) mass is 394 g/mol. The SMILES string of the molecule is O=C(c1cccc2ccccc12)N(Cc1ccccc1)c1nc2ccccc2s1. The lowest BCUT2D eigenvalue weighted by Crippen LogP contribution is -2.30. The van der Waals surface area contributed by atoms with Crippen molar-refractivity contribution in [1.82, 2.24) is 4.98 Å². The Morgan fingerprint density at radius 3 is 2.38 bits per heavy atom. The summed E-state index contributed by atoms with van der Waals surface area (Å²) in [5.41, 5.74) is 2.68. The fraction of sp³-hybridized carbons (Fsp3) is 0.0400. The van der Waals surface area contributed by atoms with Gasteiger partial charge in [0.15, 0.2) is 5.13 Å². The number of nitrogens with zero attached hydrogens (tertiary/aromatic N) is 2. The van der Waals surface area contributed by atoms with E-state index in [4.69, 9.17) is 4.98 Å². The molecule has 0 fully saturated rings. The van der Waals surface area contributed by atoms with E-state index in [-0.39, 0.29) is 5.91 Å². The second-order valence-electron chi connectivity index (χ2n) is 6.87. The summed E-state index contributed by atoms with van der Waals surface area (Å²) in [5.74, 6) is -0.0373. The third-order valence-corrected chi connectivity index (χ3v) is 6.02. The fourth-order valence-electron chi connectivity index (χ4n) is 3.53. The molecule has 0 aliphatic carbocycles. The molecule has 0 bridgehead atoms. The zero-order chi connectivity index (χ0) is 19.6. The number of hydrogen-bond acceptors (Lipinski definition) is 3. The first-order chi connectivity index (χ1) is 14.3. The molecule has 1 amide bonds. The summed E-state index contributed by atoms with van der Waals surface area (Å²) >= 11 is 1.55. The standard InChI is InChI=1S/C25H18N2OS/c28-24(21-14-8-12-19-11-4-5-13-20(19)21)27(17-18-9-2-1-3-10-18)25-26-22-15-6-7-16-23(22)29-25/h1-16H,17H2. The highest BCUT2D eigenvalue weighted by molar-refractivity contribution is 7.22. The van der Waals surface area contributed by atoms with E-state index in [1.807, 2.05) is 97.1 Å². The molecule has 0 aliphatic heterocycles. The molecule has 4 heteroatoms. The van der Waals surface area contributed by atoms with Crippen molar-refractivity contribution in [2.24, 2.45) is 0 Å². The Morgan fingerprint density at radius 1 is 0.793 bits per heavy atom. The van der Waals surface area contributed by atoms with E-state index in [2.05, 4.69) is 0 Å². The van der Waals surface area contributed by atoms with Crippen LogP contribution in [0.4, 0.5) is 5.13 Å². The molecule has 1 aromatic heterocycles. The van der Waals surface area contributed by atoms with Gasteiger partial charge in [-0.3, -0.25) is 9.69 Å². The van der Waals surface area contributed by atoms with Crippen LogP contribution in [0.25, 0.3) is 21.0 Å².